The highest BCUT2D eigenvalue weighted by molar-refractivity contribution is 5.82. The summed E-state index contributed by atoms with van der Waals surface area (Å²) in [6, 6.07) is 16.4. The number of ether oxygens (including phenoxy) is 2. The summed E-state index contributed by atoms with van der Waals surface area (Å²) in [5.41, 5.74) is 4.75. The van der Waals surface area contributed by atoms with Crippen molar-refractivity contribution in [3.05, 3.63) is 77.9 Å². The molecule has 1 aromatic heterocycles. The zero-order valence-electron chi connectivity index (χ0n) is 18.9. The lowest BCUT2D eigenvalue weighted by atomic mass is 10.0. The van der Waals surface area contributed by atoms with Gasteiger partial charge in [0, 0.05) is 60.7 Å². The molecule has 1 aliphatic rings. The predicted octanol–water partition coefficient (Wildman–Crippen LogP) is 4.87. The Bertz CT molecular complexity index is 1080. The first-order valence-corrected chi connectivity index (χ1v) is 11.4. The van der Waals surface area contributed by atoms with Gasteiger partial charge >= 0.3 is 0 Å². The van der Waals surface area contributed by atoms with E-state index in [0.717, 1.165) is 46.9 Å². The number of hydrogen-bond donors (Lipinski definition) is 0. The van der Waals surface area contributed by atoms with Crippen LogP contribution in [0, 0.1) is 5.82 Å². The second-order valence-electron chi connectivity index (χ2n) is 8.09. The SMILES string of the molecule is CCOc1ccc(-c2ccc(CC(=O)CCc3cccc(F)c3)nc2)c(N2CCOCC2)c1. The Kier molecular flexibility index (Phi) is 7.68. The molecule has 33 heavy (non-hydrogen) atoms. The highest BCUT2D eigenvalue weighted by Gasteiger charge is 2.17. The van der Waals surface area contributed by atoms with E-state index in [2.05, 4.69) is 22.0 Å². The van der Waals surface area contributed by atoms with Crippen LogP contribution >= 0.6 is 0 Å². The molecule has 0 amide bonds. The molecule has 6 heteroatoms. The first-order chi connectivity index (χ1) is 16.1. The molecule has 4 rings (SSSR count). The van der Waals surface area contributed by atoms with Crippen molar-refractivity contribution in [1.82, 2.24) is 4.98 Å². The van der Waals surface area contributed by atoms with E-state index in [4.69, 9.17) is 9.47 Å². The Labute approximate surface area is 194 Å². The number of anilines is 1. The molecule has 0 bridgehead atoms. The lowest BCUT2D eigenvalue weighted by Gasteiger charge is -2.31. The van der Waals surface area contributed by atoms with Crippen LogP contribution < -0.4 is 9.64 Å². The van der Waals surface area contributed by atoms with Crippen molar-refractivity contribution in [2.75, 3.05) is 37.8 Å². The van der Waals surface area contributed by atoms with Crippen LogP contribution in [0.1, 0.15) is 24.6 Å². The van der Waals surface area contributed by atoms with Gasteiger partial charge < -0.3 is 14.4 Å². The number of carbonyl (C=O) groups is 1. The molecular weight excluding hydrogens is 419 g/mol. The van der Waals surface area contributed by atoms with E-state index in [0.29, 0.717) is 32.7 Å². The number of benzene rings is 2. The third-order valence-electron chi connectivity index (χ3n) is 5.73. The number of hydrogen-bond acceptors (Lipinski definition) is 5. The summed E-state index contributed by atoms with van der Waals surface area (Å²) < 4.78 is 24.5. The molecular formula is C27H29FN2O3. The Morgan fingerprint density at radius 3 is 2.70 bits per heavy atom. The molecule has 0 unspecified atom stereocenters. The fraction of sp³-hybridized carbons (Fsp3) is 0.333. The van der Waals surface area contributed by atoms with Crippen LogP contribution in [0.25, 0.3) is 11.1 Å². The van der Waals surface area contributed by atoms with Crippen LogP contribution in [0.4, 0.5) is 10.1 Å². The average molecular weight is 449 g/mol. The maximum atomic E-state index is 13.3. The number of rotatable bonds is 9. The summed E-state index contributed by atoms with van der Waals surface area (Å²) >= 11 is 0. The fourth-order valence-corrected chi connectivity index (χ4v) is 4.03. The van der Waals surface area contributed by atoms with Crippen molar-refractivity contribution in [3.8, 4) is 16.9 Å². The number of morpholine rings is 1. The number of aromatic nitrogens is 1. The summed E-state index contributed by atoms with van der Waals surface area (Å²) in [6.45, 7) is 5.65. The number of pyridine rings is 1. The van der Waals surface area contributed by atoms with E-state index in [1.165, 1.54) is 12.1 Å². The van der Waals surface area contributed by atoms with Gasteiger partial charge in [0.2, 0.25) is 0 Å². The topological polar surface area (TPSA) is 51.7 Å². The second-order valence-corrected chi connectivity index (χ2v) is 8.09. The molecule has 1 aliphatic heterocycles. The van der Waals surface area contributed by atoms with Crippen molar-refractivity contribution in [3.63, 3.8) is 0 Å². The Balaban J connectivity index is 1.45. The Hall–Kier alpha value is -3.25. The number of Topliss-reactive ketones (excluding diaryl/α,β-unsaturated/α-hetero) is 1. The molecule has 0 aliphatic carbocycles. The van der Waals surface area contributed by atoms with E-state index in [-0.39, 0.29) is 18.0 Å². The standard InChI is InChI=1S/C27H29FN2O3/c1-2-33-25-10-11-26(27(18-25)30-12-14-32-15-13-30)21-7-8-23(29-19-21)17-24(31)9-6-20-4-3-5-22(28)16-20/h3-5,7-8,10-11,16,18-19H,2,6,9,12-15,17H2,1H3. The molecule has 0 saturated carbocycles. The average Bonchev–Trinajstić information content (AvgIpc) is 2.84. The summed E-state index contributed by atoms with van der Waals surface area (Å²) in [7, 11) is 0. The monoisotopic (exact) mass is 448 g/mol. The molecule has 2 heterocycles. The minimum Gasteiger partial charge on any atom is -0.494 e. The number of halogens is 1. The number of ketones is 1. The number of aryl methyl sites for hydroxylation is 1. The Morgan fingerprint density at radius 1 is 1.12 bits per heavy atom. The molecule has 2 aromatic carbocycles. The van der Waals surface area contributed by atoms with Gasteiger partial charge in [-0.15, -0.1) is 0 Å². The van der Waals surface area contributed by atoms with Crippen molar-refractivity contribution in [2.24, 2.45) is 0 Å². The maximum absolute atomic E-state index is 13.3. The van der Waals surface area contributed by atoms with Gasteiger partial charge in [0.25, 0.3) is 0 Å². The fourth-order valence-electron chi connectivity index (χ4n) is 4.03. The lowest BCUT2D eigenvalue weighted by molar-refractivity contribution is -0.118. The highest BCUT2D eigenvalue weighted by Crippen LogP contribution is 2.34. The minimum absolute atomic E-state index is 0.0922. The van der Waals surface area contributed by atoms with Crippen molar-refractivity contribution < 1.29 is 18.7 Å². The van der Waals surface area contributed by atoms with E-state index in [1.54, 1.807) is 6.07 Å². The minimum atomic E-state index is -0.275. The largest absolute Gasteiger partial charge is 0.494 e. The molecule has 3 aromatic rings. The van der Waals surface area contributed by atoms with Gasteiger partial charge in [-0.05, 0) is 49.2 Å². The van der Waals surface area contributed by atoms with Crippen LogP contribution in [-0.4, -0.2) is 43.7 Å². The maximum Gasteiger partial charge on any atom is 0.139 e. The number of nitrogens with zero attached hydrogens (tertiary/aromatic N) is 2. The molecule has 0 N–H and O–H groups in total. The van der Waals surface area contributed by atoms with E-state index in [1.807, 2.05) is 37.4 Å². The molecule has 1 saturated heterocycles. The molecule has 172 valence electrons. The van der Waals surface area contributed by atoms with Crippen LogP contribution in [0.3, 0.4) is 0 Å². The molecule has 0 radical (unpaired) electrons. The smallest absolute Gasteiger partial charge is 0.139 e. The molecule has 1 fully saturated rings. The second kappa shape index (κ2) is 11.1. The van der Waals surface area contributed by atoms with Crippen molar-refractivity contribution in [2.45, 2.75) is 26.2 Å². The summed E-state index contributed by atoms with van der Waals surface area (Å²) in [5.74, 6) is 0.661. The van der Waals surface area contributed by atoms with Gasteiger partial charge in [-0.25, -0.2) is 4.39 Å². The van der Waals surface area contributed by atoms with Gasteiger partial charge in [0.1, 0.15) is 17.3 Å². The summed E-state index contributed by atoms with van der Waals surface area (Å²) in [6.07, 6.45) is 3.00. The van der Waals surface area contributed by atoms with Crippen LogP contribution in [0.5, 0.6) is 5.75 Å². The molecule has 5 nitrogen and oxygen atoms in total. The zero-order valence-corrected chi connectivity index (χ0v) is 18.9. The quantitative estimate of drug-likeness (QED) is 0.468. The van der Waals surface area contributed by atoms with Gasteiger partial charge in [-0.1, -0.05) is 18.2 Å². The molecule has 0 spiro atoms. The predicted molar refractivity (Wildman–Crippen MR) is 127 cm³/mol. The first kappa shape index (κ1) is 22.9. The van der Waals surface area contributed by atoms with Crippen molar-refractivity contribution in [1.29, 1.82) is 0 Å². The van der Waals surface area contributed by atoms with Crippen molar-refractivity contribution >= 4 is 11.5 Å². The normalized spacial score (nSPS) is 13.7. The van der Waals surface area contributed by atoms with Gasteiger partial charge in [0.15, 0.2) is 0 Å². The van der Waals surface area contributed by atoms with E-state index >= 15 is 0 Å². The summed E-state index contributed by atoms with van der Waals surface area (Å²) in [5, 5.41) is 0. The third kappa shape index (κ3) is 6.17. The lowest BCUT2D eigenvalue weighted by Crippen LogP contribution is -2.36. The van der Waals surface area contributed by atoms with Gasteiger partial charge in [0.05, 0.1) is 19.8 Å². The third-order valence-corrected chi connectivity index (χ3v) is 5.73. The van der Waals surface area contributed by atoms with E-state index in [9.17, 15) is 9.18 Å². The van der Waals surface area contributed by atoms with Gasteiger partial charge in [-0.2, -0.15) is 0 Å². The molecule has 0 atom stereocenters. The van der Waals surface area contributed by atoms with Crippen LogP contribution in [0.2, 0.25) is 0 Å². The van der Waals surface area contributed by atoms with Crippen LogP contribution in [-0.2, 0) is 22.4 Å². The number of carbonyl (C=O) groups excluding carboxylic acids is 1. The first-order valence-electron chi connectivity index (χ1n) is 11.4. The highest BCUT2D eigenvalue weighted by atomic mass is 19.1. The summed E-state index contributed by atoms with van der Waals surface area (Å²) in [4.78, 5) is 19.3. The van der Waals surface area contributed by atoms with Crippen LogP contribution in [0.15, 0.2) is 60.8 Å². The zero-order chi connectivity index (χ0) is 23.0. The van der Waals surface area contributed by atoms with Gasteiger partial charge in [-0.3, -0.25) is 9.78 Å². The van der Waals surface area contributed by atoms with E-state index < -0.39 is 0 Å². The Morgan fingerprint density at radius 2 is 1.97 bits per heavy atom.